The number of hydrogen-bond donors (Lipinski definition) is 2. The van der Waals surface area contributed by atoms with Crippen molar-refractivity contribution in [3.63, 3.8) is 0 Å². The summed E-state index contributed by atoms with van der Waals surface area (Å²) in [5.41, 5.74) is 2.84. The van der Waals surface area contributed by atoms with Crippen LogP contribution in [0.4, 0.5) is 0 Å². The Kier molecular flexibility index (Phi) is 4.62. The van der Waals surface area contributed by atoms with Crippen LogP contribution >= 0.6 is 0 Å². The molecule has 3 N–H and O–H groups in total. The number of hydrazine groups is 1. The molecule has 4 unspecified atom stereocenters. The summed E-state index contributed by atoms with van der Waals surface area (Å²) >= 11 is 0. The number of nitrogens with two attached hydrogens (primary N) is 1. The van der Waals surface area contributed by atoms with Crippen LogP contribution < -0.4 is 11.3 Å². The molecular weight excluding hydrogens is 226 g/mol. The van der Waals surface area contributed by atoms with Gasteiger partial charge in [0.15, 0.2) is 0 Å². The first kappa shape index (κ1) is 13.8. The van der Waals surface area contributed by atoms with E-state index in [1.165, 1.54) is 32.1 Å². The van der Waals surface area contributed by atoms with Crippen molar-refractivity contribution in [2.75, 3.05) is 0 Å². The van der Waals surface area contributed by atoms with Gasteiger partial charge in [0.05, 0.1) is 18.2 Å². The van der Waals surface area contributed by atoms with E-state index in [0.29, 0.717) is 17.9 Å². The molecule has 2 rings (SSSR count). The fourth-order valence-electron chi connectivity index (χ4n) is 3.36. The minimum atomic E-state index is 0.202. The van der Waals surface area contributed by atoms with E-state index in [1.807, 2.05) is 0 Å². The molecule has 0 radical (unpaired) electrons. The molecule has 0 aromatic heterocycles. The predicted octanol–water partition coefficient (Wildman–Crippen LogP) is 2.24. The lowest BCUT2D eigenvalue weighted by Gasteiger charge is -2.24. The largest absolute Gasteiger partial charge is 0.374 e. The summed E-state index contributed by atoms with van der Waals surface area (Å²) in [6, 6.07) is 0.458. The maximum absolute atomic E-state index is 5.88. The van der Waals surface area contributed by atoms with E-state index in [9.17, 15) is 0 Å². The minimum Gasteiger partial charge on any atom is -0.374 e. The van der Waals surface area contributed by atoms with E-state index < -0.39 is 0 Å². The molecule has 1 aliphatic heterocycles. The van der Waals surface area contributed by atoms with Gasteiger partial charge < -0.3 is 10.2 Å². The van der Waals surface area contributed by atoms with Crippen molar-refractivity contribution in [3.8, 4) is 0 Å². The molecule has 0 bridgehead atoms. The summed E-state index contributed by atoms with van der Waals surface area (Å²) in [7, 11) is 0. The number of aliphatic imine (C=N–C) groups is 1. The lowest BCUT2D eigenvalue weighted by atomic mass is 9.88. The van der Waals surface area contributed by atoms with E-state index in [1.54, 1.807) is 0 Å². The van der Waals surface area contributed by atoms with Gasteiger partial charge in [0.25, 0.3) is 0 Å². The second kappa shape index (κ2) is 6.02. The molecule has 0 amide bonds. The standard InChI is InChI=1S/C14H27N3O/c1-9-10(2)18-11(3)13(9)14(17-15)16-12-7-5-4-6-8-12/h9-13H,4-8,15H2,1-3H3,(H,16,17). The highest BCUT2D eigenvalue weighted by molar-refractivity contribution is 5.85. The van der Waals surface area contributed by atoms with Crippen LogP contribution in [0.25, 0.3) is 0 Å². The van der Waals surface area contributed by atoms with E-state index in [4.69, 9.17) is 15.6 Å². The SMILES string of the molecule is CC1OC(C)C(C(=NC2CCCCC2)NN)C1C. The van der Waals surface area contributed by atoms with Gasteiger partial charge in [-0.2, -0.15) is 0 Å². The van der Waals surface area contributed by atoms with Crippen LogP contribution in [-0.2, 0) is 4.74 Å². The van der Waals surface area contributed by atoms with Gasteiger partial charge in [0.1, 0.15) is 5.84 Å². The number of amidine groups is 1. The van der Waals surface area contributed by atoms with Gasteiger partial charge in [-0.25, -0.2) is 5.84 Å². The minimum absolute atomic E-state index is 0.202. The van der Waals surface area contributed by atoms with E-state index in [2.05, 4.69) is 26.2 Å². The summed E-state index contributed by atoms with van der Waals surface area (Å²) < 4.78 is 5.88. The molecule has 1 aliphatic carbocycles. The third kappa shape index (κ3) is 2.86. The lowest BCUT2D eigenvalue weighted by Crippen LogP contribution is -2.42. The lowest BCUT2D eigenvalue weighted by molar-refractivity contribution is 0.0549. The molecular formula is C14H27N3O. The normalized spacial score (nSPS) is 39.0. The van der Waals surface area contributed by atoms with Crippen LogP contribution in [0.15, 0.2) is 4.99 Å². The summed E-state index contributed by atoms with van der Waals surface area (Å²) in [5.74, 6) is 7.44. The Labute approximate surface area is 110 Å². The molecule has 0 aromatic rings. The summed E-state index contributed by atoms with van der Waals surface area (Å²) in [6.07, 6.45) is 6.86. The van der Waals surface area contributed by atoms with Crippen molar-refractivity contribution in [3.05, 3.63) is 0 Å². The molecule has 2 aliphatic rings. The zero-order chi connectivity index (χ0) is 13.1. The topological polar surface area (TPSA) is 59.6 Å². The number of nitrogens with one attached hydrogen (secondary N) is 1. The fourth-order valence-corrected chi connectivity index (χ4v) is 3.36. The molecule has 18 heavy (non-hydrogen) atoms. The zero-order valence-corrected chi connectivity index (χ0v) is 11.9. The molecule has 1 saturated carbocycles. The highest BCUT2D eigenvalue weighted by Gasteiger charge is 2.40. The predicted molar refractivity (Wildman–Crippen MR) is 74.3 cm³/mol. The highest BCUT2D eigenvalue weighted by atomic mass is 16.5. The molecule has 4 heteroatoms. The Bertz CT molecular complexity index is 299. The van der Waals surface area contributed by atoms with E-state index in [0.717, 1.165) is 5.84 Å². The van der Waals surface area contributed by atoms with E-state index >= 15 is 0 Å². The summed E-state index contributed by atoms with van der Waals surface area (Å²) in [4.78, 5) is 4.87. The van der Waals surface area contributed by atoms with Crippen LogP contribution in [0.5, 0.6) is 0 Å². The Hall–Kier alpha value is -0.610. The van der Waals surface area contributed by atoms with Crippen LogP contribution in [0.2, 0.25) is 0 Å². The second-order valence-corrected chi connectivity index (χ2v) is 5.88. The number of hydrogen-bond acceptors (Lipinski definition) is 3. The molecule has 1 heterocycles. The summed E-state index contributed by atoms with van der Waals surface area (Å²) in [5, 5.41) is 0. The van der Waals surface area contributed by atoms with Gasteiger partial charge in [0, 0.05) is 5.92 Å². The van der Waals surface area contributed by atoms with Crippen molar-refractivity contribution in [1.82, 2.24) is 5.43 Å². The fraction of sp³-hybridized carbons (Fsp3) is 0.929. The van der Waals surface area contributed by atoms with Gasteiger partial charge in [0.2, 0.25) is 0 Å². The van der Waals surface area contributed by atoms with Gasteiger partial charge in [-0.05, 0) is 32.6 Å². The molecule has 104 valence electrons. The molecule has 1 saturated heterocycles. The molecule has 4 nitrogen and oxygen atoms in total. The maximum Gasteiger partial charge on any atom is 0.117 e. The highest BCUT2D eigenvalue weighted by Crippen LogP contribution is 2.33. The first-order valence-corrected chi connectivity index (χ1v) is 7.33. The summed E-state index contributed by atoms with van der Waals surface area (Å²) in [6.45, 7) is 6.49. The van der Waals surface area contributed by atoms with Crippen LogP contribution in [0, 0.1) is 11.8 Å². The van der Waals surface area contributed by atoms with E-state index in [-0.39, 0.29) is 12.2 Å². The first-order chi connectivity index (χ1) is 8.63. The Morgan fingerprint density at radius 2 is 1.78 bits per heavy atom. The van der Waals surface area contributed by atoms with Gasteiger partial charge in [-0.3, -0.25) is 4.99 Å². The third-order valence-corrected chi connectivity index (χ3v) is 4.60. The zero-order valence-electron chi connectivity index (χ0n) is 11.9. The van der Waals surface area contributed by atoms with Gasteiger partial charge in [-0.15, -0.1) is 0 Å². The first-order valence-electron chi connectivity index (χ1n) is 7.33. The monoisotopic (exact) mass is 253 g/mol. The Balaban J connectivity index is 2.09. The Morgan fingerprint density at radius 3 is 2.28 bits per heavy atom. The van der Waals surface area contributed by atoms with Gasteiger partial charge in [-0.1, -0.05) is 26.2 Å². The van der Waals surface area contributed by atoms with Crippen molar-refractivity contribution in [2.45, 2.75) is 71.1 Å². The average molecular weight is 253 g/mol. The quantitative estimate of drug-likeness (QED) is 0.343. The van der Waals surface area contributed by atoms with Crippen molar-refractivity contribution in [2.24, 2.45) is 22.7 Å². The number of rotatable bonds is 2. The average Bonchev–Trinajstić information content (AvgIpc) is 2.62. The van der Waals surface area contributed by atoms with Crippen LogP contribution in [-0.4, -0.2) is 24.1 Å². The molecule has 2 fully saturated rings. The van der Waals surface area contributed by atoms with Crippen molar-refractivity contribution >= 4 is 5.84 Å². The maximum atomic E-state index is 5.88. The molecule has 4 atom stereocenters. The molecule has 0 spiro atoms. The number of ether oxygens (including phenoxy) is 1. The third-order valence-electron chi connectivity index (χ3n) is 4.60. The van der Waals surface area contributed by atoms with Crippen molar-refractivity contribution in [1.29, 1.82) is 0 Å². The van der Waals surface area contributed by atoms with Crippen LogP contribution in [0.3, 0.4) is 0 Å². The van der Waals surface area contributed by atoms with Gasteiger partial charge >= 0.3 is 0 Å². The van der Waals surface area contributed by atoms with Crippen molar-refractivity contribution < 1.29 is 4.74 Å². The van der Waals surface area contributed by atoms with Crippen LogP contribution in [0.1, 0.15) is 52.9 Å². The Morgan fingerprint density at radius 1 is 1.11 bits per heavy atom. The number of nitrogens with zero attached hydrogens (tertiary/aromatic N) is 1. The molecule has 0 aromatic carbocycles. The second-order valence-electron chi connectivity index (χ2n) is 5.88. The smallest absolute Gasteiger partial charge is 0.117 e.